The van der Waals surface area contributed by atoms with Crippen LogP contribution in [0.2, 0.25) is 0 Å². The molecule has 27 heavy (non-hydrogen) atoms. The lowest BCUT2D eigenvalue weighted by Gasteiger charge is -2.10. The van der Waals surface area contributed by atoms with Crippen LogP contribution in [0.3, 0.4) is 0 Å². The molecule has 0 unspecified atom stereocenters. The molecular weight excluding hydrogens is 344 g/mol. The number of benzene rings is 2. The van der Waals surface area contributed by atoms with E-state index in [9.17, 15) is 9.59 Å². The molecule has 0 fully saturated rings. The number of Topliss-reactive ketones (excluding diaryl/α,β-unsaturated/α-hetero) is 1. The lowest BCUT2D eigenvalue weighted by Crippen LogP contribution is -2.16. The van der Waals surface area contributed by atoms with Crippen molar-refractivity contribution in [2.24, 2.45) is 0 Å². The minimum absolute atomic E-state index is 0.251. The zero-order valence-electron chi connectivity index (χ0n) is 15.2. The number of carbonyl (C=O) groups is 2. The molecule has 0 amide bonds. The van der Waals surface area contributed by atoms with Crippen LogP contribution in [0.1, 0.15) is 52.5 Å². The van der Waals surface area contributed by atoms with Gasteiger partial charge in [-0.15, -0.1) is 5.10 Å². The molecule has 3 rings (SSSR count). The summed E-state index contributed by atoms with van der Waals surface area (Å²) < 4.78 is 6.58. The highest BCUT2D eigenvalue weighted by atomic mass is 16.5. The van der Waals surface area contributed by atoms with Crippen LogP contribution in [0.5, 0.6) is 0 Å². The number of hydrogen-bond acceptors (Lipinski definition) is 6. The molecule has 7 nitrogen and oxygen atoms in total. The fourth-order valence-electron chi connectivity index (χ4n) is 2.64. The number of tetrazole rings is 1. The molecule has 2 aromatic carbocycles. The van der Waals surface area contributed by atoms with Crippen LogP contribution in [0.4, 0.5) is 0 Å². The summed E-state index contributed by atoms with van der Waals surface area (Å²) in [6, 6.07) is 14.2. The van der Waals surface area contributed by atoms with E-state index in [0.717, 1.165) is 6.42 Å². The molecule has 138 valence electrons. The van der Waals surface area contributed by atoms with Gasteiger partial charge in [-0.1, -0.05) is 50.2 Å². The van der Waals surface area contributed by atoms with Crippen LogP contribution in [-0.4, -0.2) is 38.6 Å². The third-order valence-electron chi connectivity index (χ3n) is 4.47. The number of hydrogen-bond donors (Lipinski definition) is 0. The van der Waals surface area contributed by atoms with Crippen LogP contribution in [0.15, 0.2) is 54.9 Å². The predicted octanol–water partition coefficient (Wildman–Crippen LogP) is 3.22. The highest BCUT2D eigenvalue weighted by molar-refractivity contribution is 6.00. The zero-order chi connectivity index (χ0) is 19.2. The standard InChI is InChI=1S/C20H20N4O3/c1-3-14(2)15-8-10-16(11-9-15)19(25)12-27-20(26)17-6-4-5-7-18(17)24-13-21-22-23-24/h4-11,13-14H,3,12H2,1-2H3/t14-/m1/s1. The molecule has 3 aromatic rings. The van der Waals surface area contributed by atoms with E-state index in [1.807, 2.05) is 12.1 Å². The number of ether oxygens (including phenoxy) is 1. The van der Waals surface area contributed by atoms with Crippen molar-refractivity contribution in [2.75, 3.05) is 6.61 Å². The number of carbonyl (C=O) groups excluding carboxylic acids is 2. The van der Waals surface area contributed by atoms with Gasteiger partial charge < -0.3 is 4.74 Å². The molecule has 1 aromatic heterocycles. The van der Waals surface area contributed by atoms with Gasteiger partial charge in [-0.3, -0.25) is 4.79 Å². The Bertz CT molecular complexity index is 921. The number of aromatic nitrogens is 4. The average molecular weight is 364 g/mol. The topological polar surface area (TPSA) is 87.0 Å². The first-order valence-corrected chi connectivity index (χ1v) is 8.72. The number of para-hydroxylation sites is 1. The molecule has 1 atom stereocenters. The van der Waals surface area contributed by atoms with Gasteiger partial charge in [-0.05, 0) is 40.5 Å². The van der Waals surface area contributed by atoms with E-state index in [2.05, 4.69) is 29.4 Å². The molecule has 0 aliphatic heterocycles. The van der Waals surface area contributed by atoms with Gasteiger partial charge in [-0.2, -0.15) is 4.68 Å². The lowest BCUT2D eigenvalue weighted by atomic mass is 9.97. The van der Waals surface area contributed by atoms with Gasteiger partial charge >= 0.3 is 5.97 Å². The van der Waals surface area contributed by atoms with Gasteiger partial charge in [0.25, 0.3) is 0 Å². The van der Waals surface area contributed by atoms with Crippen molar-refractivity contribution in [2.45, 2.75) is 26.2 Å². The van der Waals surface area contributed by atoms with E-state index in [0.29, 0.717) is 17.2 Å². The number of rotatable bonds is 7. The van der Waals surface area contributed by atoms with Crippen LogP contribution >= 0.6 is 0 Å². The van der Waals surface area contributed by atoms with Gasteiger partial charge in [0.1, 0.15) is 6.33 Å². The van der Waals surface area contributed by atoms with E-state index in [4.69, 9.17) is 4.74 Å². The first-order valence-electron chi connectivity index (χ1n) is 8.72. The number of esters is 1. The molecule has 0 radical (unpaired) electrons. The Kier molecular flexibility index (Phi) is 5.71. The Hall–Kier alpha value is -3.35. The summed E-state index contributed by atoms with van der Waals surface area (Å²) in [4.78, 5) is 24.8. The largest absolute Gasteiger partial charge is 0.454 e. The zero-order valence-corrected chi connectivity index (χ0v) is 15.2. The van der Waals surface area contributed by atoms with Crippen LogP contribution in [-0.2, 0) is 4.74 Å². The Morgan fingerprint density at radius 2 is 1.85 bits per heavy atom. The van der Waals surface area contributed by atoms with Gasteiger partial charge in [-0.25, -0.2) is 4.79 Å². The van der Waals surface area contributed by atoms with Crippen molar-refractivity contribution < 1.29 is 14.3 Å². The third-order valence-corrected chi connectivity index (χ3v) is 4.47. The number of nitrogens with zero attached hydrogens (tertiary/aromatic N) is 4. The number of ketones is 1. The minimum atomic E-state index is -0.606. The second kappa shape index (κ2) is 8.35. The first kappa shape index (κ1) is 18.4. The maximum absolute atomic E-state index is 12.4. The van der Waals surface area contributed by atoms with E-state index in [1.165, 1.54) is 16.6 Å². The molecule has 0 N–H and O–H groups in total. The molecule has 0 saturated heterocycles. The Morgan fingerprint density at radius 3 is 2.52 bits per heavy atom. The first-order chi connectivity index (χ1) is 13.1. The monoisotopic (exact) mass is 364 g/mol. The molecule has 0 bridgehead atoms. The summed E-state index contributed by atoms with van der Waals surface area (Å²) in [5, 5.41) is 10.9. The van der Waals surface area contributed by atoms with E-state index < -0.39 is 5.97 Å². The third kappa shape index (κ3) is 4.25. The minimum Gasteiger partial charge on any atom is -0.454 e. The predicted molar refractivity (Wildman–Crippen MR) is 98.9 cm³/mol. The van der Waals surface area contributed by atoms with E-state index >= 15 is 0 Å². The lowest BCUT2D eigenvalue weighted by molar-refractivity contribution is 0.0474. The Balaban J connectivity index is 1.67. The van der Waals surface area contributed by atoms with Crippen molar-refractivity contribution in [3.63, 3.8) is 0 Å². The van der Waals surface area contributed by atoms with Gasteiger partial charge in [0.15, 0.2) is 12.4 Å². The average Bonchev–Trinajstić information content (AvgIpc) is 3.26. The normalized spacial score (nSPS) is 11.8. The Morgan fingerprint density at radius 1 is 1.11 bits per heavy atom. The van der Waals surface area contributed by atoms with E-state index in [1.54, 1.807) is 36.4 Å². The SMILES string of the molecule is CC[C@@H](C)c1ccc(C(=O)COC(=O)c2ccccc2-n2cnnn2)cc1. The van der Waals surface area contributed by atoms with Crippen molar-refractivity contribution in [3.8, 4) is 5.69 Å². The van der Waals surface area contributed by atoms with Crippen molar-refractivity contribution in [1.82, 2.24) is 20.2 Å². The quantitative estimate of drug-likeness (QED) is 0.472. The molecule has 0 spiro atoms. The maximum Gasteiger partial charge on any atom is 0.340 e. The molecule has 0 saturated carbocycles. The summed E-state index contributed by atoms with van der Waals surface area (Å²) in [5.41, 5.74) is 2.47. The van der Waals surface area contributed by atoms with Gasteiger partial charge in [0.2, 0.25) is 0 Å². The van der Waals surface area contributed by atoms with Crippen LogP contribution < -0.4 is 0 Å². The fourth-order valence-corrected chi connectivity index (χ4v) is 2.64. The van der Waals surface area contributed by atoms with Crippen molar-refractivity contribution in [1.29, 1.82) is 0 Å². The molecule has 7 heteroatoms. The summed E-state index contributed by atoms with van der Waals surface area (Å²) >= 11 is 0. The highest BCUT2D eigenvalue weighted by Gasteiger charge is 2.17. The second-order valence-corrected chi connectivity index (χ2v) is 6.20. The summed E-state index contributed by atoms with van der Waals surface area (Å²) in [7, 11) is 0. The summed E-state index contributed by atoms with van der Waals surface area (Å²) in [6.07, 6.45) is 2.42. The van der Waals surface area contributed by atoms with Crippen molar-refractivity contribution in [3.05, 3.63) is 71.5 Å². The summed E-state index contributed by atoms with van der Waals surface area (Å²) in [5.74, 6) is -0.417. The maximum atomic E-state index is 12.4. The highest BCUT2D eigenvalue weighted by Crippen LogP contribution is 2.19. The summed E-state index contributed by atoms with van der Waals surface area (Å²) in [6.45, 7) is 3.93. The van der Waals surface area contributed by atoms with Crippen LogP contribution in [0, 0.1) is 0 Å². The molecule has 1 heterocycles. The van der Waals surface area contributed by atoms with Gasteiger partial charge in [0.05, 0.1) is 11.3 Å². The van der Waals surface area contributed by atoms with E-state index in [-0.39, 0.29) is 18.0 Å². The molecule has 0 aliphatic carbocycles. The Labute approximate surface area is 157 Å². The van der Waals surface area contributed by atoms with Gasteiger partial charge in [0, 0.05) is 5.56 Å². The van der Waals surface area contributed by atoms with Crippen molar-refractivity contribution >= 4 is 11.8 Å². The van der Waals surface area contributed by atoms with Crippen LogP contribution in [0.25, 0.3) is 5.69 Å². The second-order valence-electron chi connectivity index (χ2n) is 6.20. The fraction of sp³-hybridized carbons (Fsp3) is 0.250. The molecular formula is C20H20N4O3. The molecule has 0 aliphatic rings. The smallest absolute Gasteiger partial charge is 0.340 e.